The highest BCUT2D eigenvalue weighted by Crippen LogP contribution is 2.43. The lowest BCUT2D eigenvalue weighted by Gasteiger charge is -2.22. The first-order valence-corrected chi connectivity index (χ1v) is 13.3. The van der Waals surface area contributed by atoms with E-state index in [1.54, 1.807) is 36.0 Å². The molecule has 0 spiro atoms. The number of carbonyl (C=O) groups is 1. The molecule has 0 aliphatic carbocycles. The van der Waals surface area contributed by atoms with Crippen LogP contribution in [0.1, 0.15) is 38.9 Å². The molecular weight excluding hydrogens is 514 g/mol. The third-order valence-corrected chi connectivity index (χ3v) is 8.40. The summed E-state index contributed by atoms with van der Waals surface area (Å²) in [4.78, 5) is 28.9. The number of nitrogens with zero attached hydrogens (tertiary/aromatic N) is 3. The molecular formula is C27H18ClN3O3S2. The van der Waals surface area contributed by atoms with Crippen LogP contribution in [-0.2, 0) is 5.75 Å². The fraction of sp³-hybridized carbons (Fsp3) is 0.111. The molecule has 36 heavy (non-hydrogen) atoms. The van der Waals surface area contributed by atoms with Crippen molar-refractivity contribution >= 4 is 56.7 Å². The van der Waals surface area contributed by atoms with Gasteiger partial charge in [-0.15, -0.1) is 10.2 Å². The number of benzene rings is 3. The molecule has 5 aromatic rings. The second kappa shape index (κ2) is 9.20. The van der Waals surface area contributed by atoms with Gasteiger partial charge in [0.05, 0.1) is 17.0 Å². The van der Waals surface area contributed by atoms with Gasteiger partial charge in [-0.2, -0.15) is 0 Å². The van der Waals surface area contributed by atoms with Crippen LogP contribution in [0, 0.1) is 6.92 Å². The number of aromatic nitrogens is 2. The van der Waals surface area contributed by atoms with Gasteiger partial charge in [0, 0.05) is 10.8 Å². The number of rotatable bonds is 5. The Morgan fingerprint density at radius 2 is 1.81 bits per heavy atom. The number of thioether (sulfide) groups is 1. The molecule has 6 rings (SSSR count). The van der Waals surface area contributed by atoms with Crippen LogP contribution in [0.2, 0.25) is 5.02 Å². The number of anilines is 1. The molecule has 2 aromatic heterocycles. The second-order valence-electron chi connectivity index (χ2n) is 8.43. The van der Waals surface area contributed by atoms with Gasteiger partial charge < -0.3 is 4.42 Å². The minimum absolute atomic E-state index is 0.0324. The molecule has 3 aromatic carbocycles. The summed E-state index contributed by atoms with van der Waals surface area (Å²) >= 11 is 8.99. The third-order valence-electron chi connectivity index (χ3n) is 6.02. The number of hydrogen-bond donors (Lipinski definition) is 0. The van der Waals surface area contributed by atoms with E-state index >= 15 is 0 Å². The maximum absolute atomic E-state index is 13.7. The molecule has 1 aliphatic rings. The Morgan fingerprint density at radius 3 is 2.58 bits per heavy atom. The third kappa shape index (κ3) is 4.01. The van der Waals surface area contributed by atoms with Crippen LogP contribution in [0.5, 0.6) is 0 Å². The van der Waals surface area contributed by atoms with Crippen LogP contribution < -0.4 is 10.3 Å². The van der Waals surface area contributed by atoms with E-state index in [-0.39, 0.29) is 11.2 Å². The number of hydrogen-bond acceptors (Lipinski definition) is 7. The van der Waals surface area contributed by atoms with E-state index in [2.05, 4.69) is 22.3 Å². The molecule has 0 saturated heterocycles. The predicted octanol–water partition coefficient (Wildman–Crippen LogP) is 6.65. The molecule has 1 aliphatic heterocycles. The molecule has 6 nitrogen and oxygen atoms in total. The van der Waals surface area contributed by atoms with Crippen molar-refractivity contribution in [3.05, 3.63) is 116 Å². The fourth-order valence-corrected chi connectivity index (χ4v) is 6.27. The van der Waals surface area contributed by atoms with E-state index in [1.807, 2.05) is 43.3 Å². The molecule has 1 amide bonds. The minimum Gasteiger partial charge on any atom is -0.450 e. The highest BCUT2D eigenvalue weighted by atomic mass is 35.5. The van der Waals surface area contributed by atoms with E-state index in [1.165, 1.54) is 21.8 Å². The first kappa shape index (κ1) is 23.0. The van der Waals surface area contributed by atoms with Crippen LogP contribution in [-0.4, -0.2) is 16.1 Å². The lowest BCUT2D eigenvalue weighted by molar-refractivity contribution is 0.0970. The fourth-order valence-electron chi connectivity index (χ4n) is 4.32. The monoisotopic (exact) mass is 531 g/mol. The van der Waals surface area contributed by atoms with Gasteiger partial charge in [0.15, 0.2) is 9.77 Å². The Balaban J connectivity index is 1.45. The zero-order valence-electron chi connectivity index (χ0n) is 19.0. The van der Waals surface area contributed by atoms with Crippen molar-refractivity contribution in [3.8, 4) is 0 Å². The summed E-state index contributed by atoms with van der Waals surface area (Å²) in [5.74, 6) is 0.347. The molecule has 3 heterocycles. The Bertz CT molecular complexity index is 1670. The van der Waals surface area contributed by atoms with Crippen molar-refractivity contribution in [2.24, 2.45) is 0 Å². The van der Waals surface area contributed by atoms with E-state index < -0.39 is 11.9 Å². The highest BCUT2D eigenvalue weighted by molar-refractivity contribution is 8.00. The zero-order chi connectivity index (χ0) is 24.8. The summed E-state index contributed by atoms with van der Waals surface area (Å²) in [5, 5.41) is 10.1. The maximum atomic E-state index is 13.7. The van der Waals surface area contributed by atoms with E-state index in [4.69, 9.17) is 16.0 Å². The van der Waals surface area contributed by atoms with Gasteiger partial charge in [-0.1, -0.05) is 88.8 Å². The Hall–Kier alpha value is -3.46. The highest BCUT2D eigenvalue weighted by Gasteiger charge is 2.45. The Morgan fingerprint density at radius 1 is 1.03 bits per heavy atom. The van der Waals surface area contributed by atoms with E-state index in [0.29, 0.717) is 26.7 Å². The van der Waals surface area contributed by atoms with E-state index in [9.17, 15) is 9.59 Å². The number of halogens is 1. The summed E-state index contributed by atoms with van der Waals surface area (Å²) in [6.45, 7) is 1.91. The molecule has 178 valence electrons. The average molecular weight is 532 g/mol. The first-order valence-electron chi connectivity index (χ1n) is 11.2. The molecule has 0 N–H and O–H groups in total. The smallest absolute Gasteiger partial charge is 0.297 e. The summed E-state index contributed by atoms with van der Waals surface area (Å²) < 4.78 is 6.75. The topological polar surface area (TPSA) is 76.3 Å². The van der Waals surface area contributed by atoms with Gasteiger partial charge >= 0.3 is 0 Å². The van der Waals surface area contributed by atoms with Gasteiger partial charge in [0.1, 0.15) is 5.58 Å². The lowest BCUT2D eigenvalue weighted by atomic mass is 9.98. The van der Waals surface area contributed by atoms with Crippen LogP contribution in [0.15, 0.2) is 86.3 Å². The molecule has 0 radical (unpaired) electrons. The van der Waals surface area contributed by atoms with Crippen LogP contribution in [0.4, 0.5) is 5.13 Å². The normalized spacial score (nSPS) is 15.0. The minimum atomic E-state index is -0.703. The van der Waals surface area contributed by atoms with Crippen molar-refractivity contribution in [1.29, 1.82) is 0 Å². The van der Waals surface area contributed by atoms with Crippen molar-refractivity contribution < 1.29 is 9.21 Å². The van der Waals surface area contributed by atoms with Crippen molar-refractivity contribution in [2.45, 2.75) is 23.1 Å². The maximum Gasteiger partial charge on any atom is 0.297 e. The standard InChI is InChI=1S/C27H18ClN3O3S2/c1-15-7-12-20-19(13-15)23(32)21-22(17-8-10-18(28)11-9-17)31(25(33)24(21)34-20)26-29-30-27(36-26)35-14-16-5-3-2-4-6-16/h2-13,22H,14H2,1H3. The summed E-state index contributed by atoms with van der Waals surface area (Å²) in [7, 11) is 0. The molecule has 0 bridgehead atoms. The average Bonchev–Trinajstić information content (AvgIpc) is 3.47. The van der Waals surface area contributed by atoms with Crippen LogP contribution >= 0.6 is 34.7 Å². The number of aryl methyl sites for hydroxylation is 1. The van der Waals surface area contributed by atoms with Crippen LogP contribution in [0.25, 0.3) is 11.0 Å². The van der Waals surface area contributed by atoms with Crippen molar-refractivity contribution in [3.63, 3.8) is 0 Å². The molecule has 0 saturated carbocycles. The molecule has 1 unspecified atom stereocenters. The molecule has 1 atom stereocenters. The quantitative estimate of drug-likeness (QED) is 0.187. The van der Waals surface area contributed by atoms with Crippen molar-refractivity contribution in [2.75, 3.05) is 4.90 Å². The van der Waals surface area contributed by atoms with Gasteiger partial charge in [-0.25, -0.2) is 0 Å². The first-order chi connectivity index (χ1) is 17.5. The second-order valence-corrected chi connectivity index (χ2v) is 11.0. The van der Waals surface area contributed by atoms with Gasteiger partial charge in [-0.3, -0.25) is 14.5 Å². The Kier molecular flexibility index (Phi) is 5.87. The number of fused-ring (bicyclic) bond motifs is 2. The van der Waals surface area contributed by atoms with Gasteiger partial charge in [0.25, 0.3) is 5.91 Å². The molecule has 9 heteroatoms. The number of amides is 1. The largest absolute Gasteiger partial charge is 0.450 e. The molecule has 0 fully saturated rings. The summed E-state index contributed by atoms with van der Waals surface area (Å²) in [6, 6.07) is 21.8. The zero-order valence-corrected chi connectivity index (χ0v) is 21.4. The lowest BCUT2D eigenvalue weighted by Crippen LogP contribution is -2.29. The van der Waals surface area contributed by atoms with Crippen LogP contribution in [0.3, 0.4) is 0 Å². The van der Waals surface area contributed by atoms with Crippen molar-refractivity contribution in [1.82, 2.24) is 10.2 Å². The summed E-state index contributed by atoms with van der Waals surface area (Å²) in [5.41, 5.74) is 3.29. The SMILES string of the molecule is Cc1ccc2oc3c(c(=O)c2c1)C(c1ccc(Cl)cc1)N(c1nnc(SCc2ccccc2)s1)C3=O. The predicted molar refractivity (Wildman–Crippen MR) is 143 cm³/mol. The van der Waals surface area contributed by atoms with Gasteiger partial charge in [-0.05, 0) is 42.3 Å². The Labute approximate surface area is 219 Å². The summed E-state index contributed by atoms with van der Waals surface area (Å²) in [6.07, 6.45) is 0. The van der Waals surface area contributed by atoms with E-state index in [0.717, 1.165) is 21.2 Å². The number of carbonyl (C=O) groups excluding carboxylic acids is 1. The van der Waals surface area contributed by atoms with Gasteiger partial charge in [0.2, 0.25) is 10.9 Å².